The Hall–Kier alpha value is -1.19. The lowest BCUT2D eigenvalue weighted by molar-refractivity contribution is -0.174. The van der Waals surface area contributed by atoms with E-state index < -0.39 is 39.9 Å². The van der Waals surface area contributed by atoms with E-state index in [1.807, 2.05) is 0 Å². The molecule has 0 spiro atoms. The smallest absolute Gasteiger partial charge is 0.320 e. The molecule has 1 aromatic rings. The number of hydrogen-bond donors (Lipinski definition) is 4. The molecule has 1 saturated heterocycles. The quantitative estimate of drug-likeness (QED) is 0.292. The van der Waals surface area contributed by atoms with Gasteiger partial charge in [0.1, 0.15) is 18.4 Å². The van der Waals surface area contributed by atoms with E-state index in [1.54, 1.807) is 0 Å². The van der Waals surface area contributed by atoms with Crippen LogP contribution in [0, 0.1) is 17.1 Å². The molecule has 0 radical (unpaired) electrons. The van der Waals surface area contributed by atoms with Crippen LogP contribution >= 0.6 is 27.9 Å². The van der Waals surface area contributed by atoms with Gasteiger partial charge in [-0.05, 0) is 18.6 Å². The Morgan fingerprint density at radius 1 is 1.54 bits per heavy atom. The van der Waals surface area contributed by atoms with E-state index in [1.165, 1.54) is 10.8 Å². The molecule has 0 aliphatic carbocycles. The van der Waals surface area contributed by atoms with Gasteiger partial charge in [-0.1, -0.05) is 5.92 Å². The van der Waals surface area contributed by atoms with E-state index in [4.69, 9.17) is 38.1 Å². The predicted molar refractivity (Wildman–Crippen MR) is 85.9 cm³/mol. The Morgan fingerprint density at radius 2 is 2.19 bits per heavy atom. The molecule has 2 heterocycles. The molecule has 0 saturated carbocycles. The second kappa shape index (κ2) is 7.44. The lowest BCUT2D eigenvalue weighted by Crippen LogP contribution is -2.29. The number of phosphoric acid groups is 2. The minimum Gasteiger partial charge on any atom is -0.320 e. The van der Waals surface area contributed by atoms with Crippen LogP contribution in [-0.2, 0) is 22.7 Å². The van der Waals surface area contributed by atoms with E-state index in [-0.39, 0.29) is 23.2 Å². The van der Waals surface area contributed by atoms with Gasteiger partial charge in [0.05, 0.1) is 0 Å². The molecule has 15 heteroatoms. The number of ether oxygens (including phenoxy) is 1. The van der Waals surface area contributed by atoms with Crippen molar-refractivity contribution in [3.63, 3.8) is 0 Å². The second-order valence-corrected chi connectivity index (χ2v) is 8.38. The van der Waals surface area contributed by atoms with Crippen molar-refractivity contribution in [3.8, 4) is 12.3 Å². The summed E-state index contributed by atoms with van der Waals surface area (Å²) in [6.45, 7) is -1.14. The van der Waals surface area contributed by atoms with Gasteiger partial charge in [0.2, 0.25) is 5.85 Å². The summed E-state index contributed by atoms with van der Waals surface area (Å²) in [5.41, 5.74) is -0.665. The van der Waals surface area contributed by atoms with Crippen molar-refractivity contribution in [1.82, 2.24) is 9.55 Å². The third-order valence-electron chi connectivity index (χ3n) is 3.20. The number of alkyl halides is 1. The Labute approximate surface area is 150 Å². The molecule has 144 valence electrons. The largest absolute Gasteiger partial charge is 0.481 e. The maximum Gasteiger partial charge on any atom is 0.481 e. The molecule has 3 atom stereocenters. The zero-order valence-electron chi connectivity index (χ0n) is 12.8. The first kappa shape index (κ1) is 21.1. The fourth-order valence-electron chi connectivity index (χ4n) is 2.14. The van der Waals surface area contributed by atoms with Gasteiger partial charge in [-0.15, -0.1) is 6.42 Å². The number of phosphoric ester groups is 1. The summed E-state index contributed by atoms with van der Waals surface area (Å²) in [5, 5.41) is 0. The maximum absolute atomic E-state index is 14.6. The number of rotatable bonds is 6. The topological polar surface area (TPSA) is 160 Å². The molecule has 11 nitrogen and oxygen atoms in total. The molecule has 1 fully saturated rings. The summed E-state index contributed by atoms with van der Waals surface area (Å²) >= 11 is 4.96. The molecule has 0 bridgehead atoms. The van der Waals surface area contributed by atoms with E-state index in [2.05, 4.69) is 19.7 Å². The molecule has 1 aromatic heterocycles. The summed E-state index contributed by atoms with van der Waals surface area (Å²) in [5.74, 6) is -0.438. The highest BCUT2D eigenvalue weighted by Gasteiger charge is 2.44. The molecule has 26 heavy (non-hydrogen) atoms. The lowest BCUT2D eigenvalue weighted by atomic mass is 10.2. The van der Waals surface area contributed by atoms with Gasteiger partial charge in [0.25, 0.3) is 5.56 Å². The van der Waals surface area contributed by atoms with Gasteiger partial charge >= 0.3 is 15.6 Å². The highest BCUT2D eigenvalue weighted by molar-refractivity contribution is 7.71. The lowest BCUT2D eigenvalue weighted by Gasteiger charge is -2.22. The summed E-state index contributed by atoms with van der Waals surface area (Å²) in [6.07, 6.45) is 5.12. The molecular weight excluding hydrogens is 417 g/mol. The van der Waals surface area contributed by atoms with Crippen LogP contribution in [0.1, 0.15) is 24.6 Å². The molecule has 4 N–H and O–H groups in total. The standard InChI is InChI=1S/C11H13FN2O9P2S/c1-2-7-5-14(10(26)13-9(7)15)8-3-4-11(12,22-8)6-21-25(19,20)23-24(16,17)18/h1,5,8H,3-4,6H2,(H,19,20)(H,13,15,26)(H2,16,17,18)/t8-,11+/m1/s1. The first-order chi connectivity index (χ1) is 11.8. The molecule has 1 unspecified atom stereocenters. The number of H-pyrrole nitrogens is 1. The summed E-state index contributed by atoms with van der Waals surface area (Å²) in [6, 6.07) is 0. The highest BCUT2D eigenvalue weighted by Crippen LogP contribution is 2.58. The van der Waals surface area contributed by atoms with Crippen molar-refractivity contribution < 1.29 is 41.8 Å². The van der Waals surface area contributed by atoms with Gasteiger partial charge in [0, 0.05) is 12.6 Å². The van der Waals surface area contributed by atoms with Gasteiger partial charge in [0.15, 0.2) is 4.77 Å². The average Bonchev–Trinajstić information content (AvgIpc) is 2.86. The minimum atomic E-state index is -5.32. The normalized spacial score (nSPS) is 25.6. The number of hydrogen-bond acceptors (Lipinski definition) is 7. The third-order valence-corrected chi connectivity index (χ3v) is 5.64. The van der Waals surface area contributed by atoms with E-state index in [0.29, 0.717) is 0 Å². The number of aromatic amines is 1. The van der Waals surface area contributed by atoms with Crippen molar-refractivity contribution >= 4 is 27.9 Å². The van der Waals surface area contributed by atoms with Gasteiger partial charge in [-0.25, -0.2) is 13.5 Å². The van der Waals surface area contributed by atoms with Crippen LogP contribution in [0.5, 0.6) is 0 Å². The first-order valence-electron chi connectivity index (χ1n) is 6.77. The van der Waals surface area contributed by atoms with E-state index >= 15 is 0 Å². The van der Waals surface area contributed by atoms with E-state index in [0.717, 1.165) is 0 Å². The first-order valence-corrected chi connectivity index (χ1v) is 10.2. The molecule has 0 aromatic carbocycles. The summed E-state index contributed by atoms with van der Waals surface area (Å²) in [4.78, 5) is 40.0. The summed E-state index contributed by atoms with van der Waals surface area (Å²) < 4.78 is 50.6. The second-order valence-electron chi connectivity index (χ2n) is 5.16. The molecule has 1 aliphatic rings. The van der Waals surface area contributed by atoms with Crippen molar-refractivity contribution in [2.75, 3.05) is 6.61 Å². The highest BCUT2D eigenvalue weighted by atomic mass is 32.1. The number of nitrogens with one attached hydrogen (secondary N) is 1. The zero-order valence-corrected chi connectivity index (χ0v) is 15.4. The van der Waals surface area contributed by atoms with Crippen LogP contribution in [-0.4, -0.2) is 36.7 Å². The monoisotopic (exact) mass is 430 g/mol. The molecule has 0 amide bonds. The van der Waals surface area contributed by atoms with E-state index in [9.17, 15) is 18.3 Å². The van der Waals surface area contributed by atoms with Crippen LogP contribution in [0.3, 0.4) is 0 Å². The Kier molecular flexibility index (Phi) is 6.04. The van der Waals surface area contributed by atoms with Crippen LogP contribution in [0.25, 0.3) is 0 Å². The predicted octanol–water partition coefficient (Wildman–Crippen LogP) is 1.09. The fraction of sp³-hybridized carbons (Fsp3) is 0.455. The minimum absolute atomic E-state index is 0.0410. The Bertz CT molecular complexity index is 950. The van der Waals surface area contributed by atoms with Crippen LogP contribution in [0.2, 0.25) is 0 Å². The number of halogens is 1. The van der Waals surface area contributed by atoms with Crippen molar-refractivity contribution in [2.24, 2.45) is 0 Å². The average molecular weight is 430 g/mol. The van der Waals surface area contributed by atoms with Crippen LogP contribution in [0.15, 0.2) is 11.0 Å². The molecular formula is C11H13FN2O9P2S. The summed E-state index contributed by atoms with van der Waals surface area (Å²) in [7, 11) is -10.5. The number of aromatic nitrogens is 2. The van der Waals surface area contributed by atoms with Gasteiger partial charge < -0.3 is 19.4 Å². The van der Waals surface area contributed by atoms with Crippen LogP contribution in [0.4, 0.5) is 4.39 Å². The Balaban J connectivity index is 2.11. The van der Waals surface area contributed by atoms with Crippen molar-refractivity contribution in [3.05, 3.63) is 26.9 Å². The third kappa shape index (κ3) is 5.40. The van der Waals surface area contributed by atoms with Gasteiger partial charge in [-0.3, -0.25) is 18.9 Å². The molecule has 1 aliphatic heterocycles. The van der Waals surface area contributed by atoms with Crippen molar-refractivity contribution in [2.45, 2.75) is 24.9 Å². The SMILES string of the molecule is C#Cc1cn([C@H]2CC[C@@](F)(COP(=O)(O)OP(=O)(O)O)O2)c(=S)[nH]c1=O. The van der Waals surface area contributed by atoms with Crippen LogP contribution < -0.4 is 5.56 Å². The number of nitrogens with zero attached hydrogens (tertiary/aromatic N) is 1. The Morgan fingerprint density at radius 3 is 2.77 bits per heavy atom. The number of terminal acetylenes is 1. The van der Waals surface area contributed by atoms with Crippen molar-refractivity contribution in [1.29, 1.82) is 0 Å². The van der Waals surface area contributed by atoms with Gasteiger partial charge in [-0.2, -0.15) is 4.31 Å². The molecule has 2 rings (SSSR count). The fourth-order valence-corrected chi connectivity index (χ4v) is 4.02. The maximum atomic E-state index is 14.6. The zero-order chi connectivity index (χ0) is 19.8.